The number of amides is 1. The molecule has 1 saturated heterocycles. The quantitative estimate of drug-likeness (QED) is 0.238. The van der Waals surface area contributed by atoms with Crippen molar-refractivity contribution in [3.05, 3.63) is 99.0 Å². The van der Waals surface area contributed by atoms with E-state index in [0.29, 0.717) is 28.7 Å². The number of likely N-dealkylation sites (tertiary alicyclic amines) is 1. The standard InChI is InChI=1S/C27H23Cl2NO5/c1-3-35-20-11-6-17(7-12-20)24-23(25(31)18-8-13-21(28)22(29)14-18)26(32)27(33)30(24)15-16-4-9-19(34-2)10-5-16/h4-14,24,31H,3,15H2,1-2H3/b25-23-. The summed E-state index contributed by atoms with van der Waals surface area (Å²) in [5.74, 6) is -0.466. The van der Waals surface area contributed by atoms with Gasteiger partial charge in [0.2, 0.25) is 0 Å². The van der Waals surface area contributed by atoms with Gasteiger partial charge in [-0.05, 0) is 60.5 Å². The van der Waals surface area contributed by atoms with Crippen LogP contribution >= 0.6 is 23.2 Å². The number of nitrogens with zero attached hydrogens (tertiary/aromatic N) is 1. The van der Waals surface area contributed by atoms with Gasteiger partial charge < -0.3 is 19.5 Å². The molecule has 0 aromatic heterocycles. The lowest BCUT2D eigenvalue weighted by Crippen LogP contribution is -2.29. The fourth-order valence-corrected chi connectivity index (χ4v) is 4.33. The molecule has 6 nitrogen and oxygen atoms in total. The van der Waals surface area contributed by atoms with Crippen LogP contribution in [0.4, 0.5) is 0 Å². The molecule has 1 amide bonds. The van der Waals surface area contributed by atoms with Crippen LogP contribution in [0.1, 0.15) is 29.7 Å². The third-order valence-electron chi connectivity index (χ3n) is 5.75. The Morgan fingerprint density at radius 2 is 1.60 bits per heavy atom. The minimum atomic E-state index is -0.817. The number of benzene rings is 3. The molecule has 0 aliphatic carbocycles. The van der Waals surface area contributed by atoms with Crippen LogP contribution in [-0.4, -0.2) is 35.4 Å². The van der Waals surface area contributed by atoms with E-state index in [1.54, 1.807) is 49.6 Å². The lowest BCUT2D eigenvalue weighted by atomic mass is 9.95. The van der Waals surface area contributed by atoms with Gasteiger partial charge in [-0.15, -0.1) is 0 Å². The van der Waals surface area contributed by atoms with Crippen LogP contribution in [0, 0.1) is 0 Å². The Labute approximate surface area is 213 Å². The third kappa shape index (κ3) is 4.99. The molecule has 3 aromatic carbocycles. The molecule has 0 bridgehead atoms. The van der Waals surface area contributed by atoms with Gasteiger partial charge in [-0.25, -0.2) is 0 Å². The van der Waals surface area contributed by atoms with E-state index in [2.05, 4.69) is 0 Å². The fraction of sp³-hybridized carbons (Fsp3) is 0.185. The number of halogens is 2. The first kappa shape index (κ1) is 24.6. The molecule has 1 N–H and O–H groups in total. The minimum Gasteiger partial charge on any atom is -0.507 e. The second kappa shape index (κ2) is 10.4. The summed E-state index contributed by atoms with van der Waals surface area (Å²) in [6.45, 7) is 2.55. The highest BCUT2D eigenvalue weighted by atomic mass is 35.5. The first-order chi connectivity index (χ1) is 16.8. The third-order valence-corrected chi connectivity index (χ3v) is 6.49. The van der Waals surface area contributed by atoms with Crippen LogP contribution in [0.3, 0.4) is 0 Å². The maximum Gasteiger partial charge on any atom is 0.295 e. The maximum atomic E-state index is 13.2. The van der Waals surface area contributed by atoms with Crippen molar-refractivity contribution in [3.63, 3.8) is 0 Å². The van der Waals surface area contributed by atoms with Crippen molar-refractivity contribution in [2.24, 2.45) is 0 Å². The molecule has 1 aliphatic rings. The zero-order valence-electron chi connectivity index (χ0n) is 19.1. The van der Waals surface area contributed by atoms with Crippen LogP contribution in [0.5, 0.6) is 11.5 Å². The van der Waals surface area contributed by atoms with Gasteiger partial charge in [0.1, 0.15) is 17.3 Å². The van der Waals surface area contributed by atoms with Gasteiger partial charge in [-0.3, -0.25) is 9.59 Å². The molecule has 35 heavy (non-hydrogen) atoms. The maximum absolute atomic E-state index is 13.2. The molecule has 3 aromatic rings. The van der Waals surface area contributed by atoms with Gasteiger partial charge in [0.05, 0.1) is 35.4 Å². The van der Waals surface area contributed by atoms with Gasteiger partial charge in [0.15, 0.2) is 0 Å². The Bertz CT molecular complexity index is 1290. The highest BCUT2D eigenvalue weighted by Crippen LogP contribution is 2.41. The summed E-state index contributed by atoms with van der Waals surface area (Å²) in [6.07, 6.45) is 0. The number of ketones is 1. The monoisotopic (exact) mass is 511 g/mol. The molecular formula is C27H23Cl2NO5. The van der Waals surface area contributed by atoms with Crippen molar-refractivity contribution in [3.8, 4) is 11.5 Å². The molecule has 0 saturated carbocycles. The van der Waals surface area contributed by atoms with Gasteiger partial charge >= 0.3 is 0 Å². The van der Waals surface area contributed by atoms with Crippen molar-refractivity contribution in [2.75, 3.05) is 13.7 Å². The number of Topliss-reactive ketones (excluding diaryl/α,β-unsaturated/α-hetero) is 1. The number of carbonyl (C=O) groups excluding carboxylic acids is 2. The zero-order valence-corrected chi connectivity index (χ0v) is 20.6. The van der Waals surface area contributed by atoms with E-state index >= 15 is 0 Å². The molecule has 1 fully saturated rings. The van der Waals surface area contributed by atoms with Crippen molar-refractivity contribution >= 4 is 40.7 Å². The number of aliphatic hydroxyl groups excluding tert-OH is 1. The Balaban J connectivity index is 1.82. The number of methoxy groups -OCH3 is 1. The molecule has 1 aliphatic heterocycles. The summed E-state index contributed by atoms with van der Waals surface area (Å²) in [5.41, 5.74) is 1.73. The number of hydrogen-bond acceptors (Lipinski definition) is 5. The van der Waals surface area contributed by atoms with Gasteiger partial charge in [-0.2, -0.15) is 0 Å². The van der Waals surface area contributed by atoms with E-state index in [1.807, 2.05) is 19.1 Å². The summed E-state index contributed by atoms with van der Waals surface area (Å²) in [7, 11) is 1.57. The average molecular weight is 512 g/mol. The van der Waals surface area contributed by atoms with Crippen LogP contribution < -0.4 is 9.47 Å². The van der Waals surface area contributed by atoms with Crippen LogP contribution in [0.2, 0.25) is 10.0 Å². The molecule has 0 radical (unpaired) electrons. The summed E-state index contributed by atoms with van der Waals surface area (Å²) in [5, 5.41) is 11.7. The highest BCUT2D eigenvalue weighted by molar-refractivity contribution is 6.46. The van der Waals surface area contributed by atoms with E-state index in [4.69, 9.17) is 32.7 Å². The van der Waals surface area contributed by atoms with Crippen molar-refractivity contribution in [1.82, 2.24) is 4.90 Å². The Hall–Kier alpha value is -3.48. The number of carbonyl (C=O) groups is 2. The minimum absolute atomic E-state index is 0.0222. The molecule has 8 heteroatoms. The van der Waals surface area contributed by atoms with Gasteiger partial charge in [0, 0.05) is 12.1 Å². The first-order valence-corrected chi connectivity index (χ1v) is 11.7. The van der Waals surface area contributed by atoms with E-state index in [-0.39, 0.29) is 28.5 Å². The van der Waals surface area contributed by atoms with Crippen LogP contribution in [0.15, 0.2) is 72.3 Å². The second-order valence-electron chi connectivity index (χ2n) is 7.91. The zero-order chi connectivity index (χ0) is 25.1. The van der Waals surface area contributed by atoms with E-state index in [0.717, 1.165) is 5.56 Å². The Morgan fingerprint density at radius 3 is 2.20 bits per heavy atom. The van der Waals surface area contributed by atoms with E-state index in [9.17, 15) is 14.7 Å². The normalized spacial score (nSPS) is 17.0. The predicted octanol–water partition coefficient (Wildman–Crippen LogP) is 6.02. The number of hydrogen-bond donors (Lipinski definition) is 1. The number of rotatable bonds is 7. The number of aliphatic hydroxyl groups is 1. The summed E-state index contributed by atoms with van der Waals surface area (Å²) in [4.78, 5) is 27.8. The van der Waals surface area contributed by atoms with E-state index in [1.165, 1.54) is 17.0 Å². The molecule has 4 rings (SSSR count). The fourth-order valence-electron chi connectivity index (χ4n) is 4.03. The van der Waals surface area contributed by atoms with Gasteiger partial charge in [0.25, 0.3) is 11.7 Å². The number of ether oxygens (including phenoxy) is 2. The van der Waals surface area contributed by atoms with Crippen molar-refractivity contribution in [1.29, 1.82) is 0 Å². The van der Waals surface area contributed by atoms with E-state index < -0.39 is 17.7 Å². The largest absolute Gasteiger partial charge is 0.507 e. The molecule has 1 atom stereocenters. The lowest BCUT2D eigenvalue weighted by Gasteiger charge is -2.25. The van der Waals surface area contributed by atoms with Crippen LogP contribution in [-0.2, 0) is 16.1 Å². The summed E-state index contributed by atoms with van der Waals surface area (Å²) >= 11 is 12.2. The van der Waals surface area contributed by atoms with Crippen LogP contribution in [0.25, 0.3) is 5.76 Å². The lowest BCUT2D eigenvalue weighted by molar-refractivity contribution is -0.140. The van der Waals surface area contributed by atoms with Gasteiger partial charge in [-0.1, -0.05) is 47.5 Å². The van der Waals surface area contributed by atoms with Crippen molar-refractivity contribution in [2.45, 2.75) is 19.5 Å². The summed E-state index contributed by atoms with van der Waals surface area (Å²) in [6, 6.07) is 18.0. The molecule has 1 heterocycles. The molecular weight excluding hydrogens is 489 g/mol. The Kier molecular flexibility index (Phi) is 7.34. The predicted molar refractivity (Wildman–Crippen MR) is 135 cm³/mol. The Morgan fingerprint density at radius 1 is 0.943 bits per heavy atom. The summed E-state index contributed by atoms with van der Waals surface area (Å²) < 4.78 is 10.7. The smallest absolute Gasteiger partial charge is 0.295 e. The van der Waals surface area contributed by atoms with Crippen molar-refractivity contribution < 1.29 is 24.2 Å². The second-order valence-corrected chi connectivity index (χ2v) is 8.72. The topological polar surface area (TPSA) is 76.1 Å². The first-order valence-electron chi connectivity index (χ1n) is 10.9. The SMILES string of the molecule is CCOc1ccc(C2/C(=C(/O)c3ccc(Cl)c(Cl)c3)C(=O)C(=O)N2Cc2ccc(OC)cc2)cc1. The highest BCUT2D eigenvalue weighted by Gasteiger charge is 2.46. The molecule has 180 valence electrons. The average Bonchev–Trinajstić information content (AvgIpc) is 3.11. The molecule has 0 spiro atoms. The molecule has 1 unspecified atom stereocenters.